The number of ether oxygens (including phenoxy) is 4. The van der Waals surface area contributed by atoms with Crippen molar-refractivity contribution in [1.82, 2.24) is 0 Å². The van der Waals surface area contributed by atoms with Crippen LogP contribution in [0.3, 0.4) is 0 Å². The summed E-state index contributed by atoms with van der Waals surface area (Å²) >= 11 is 0. The van der Waals surface area contributed by atoms with Crippen LogP contribution in [0, 0.1) is 34.0 Å². The lowest BCUT2D eigenvalue weighted by Crippen LogP contribution is -2.35. The lowest BCUT2D eigenvalue weighted by atomic mass is 9.76. The van der Waals surface area contributed by atoms with Crippen molar-refractivity contribution in [3.8, 4) is 29.0 Å². The molecule has 0 bridgehead atoms. The fraction of sp³-hybridized carbons (Fsp3) is 0.540. The Morgan fingerprint density at radius 1 is 0.712 bits per heavy atom. The predicted molar refractivity (Wildman–Crippen MR) is 232 cm³/mol. The van der Waals surface area contributed by atoms with Crippen LogP contribution in [-0.4, -0.2) is 44.3 Å². The summed E-state index contributed by atoms with van der Waals surface area (Å²) < 4.78 is 23.1. The number of benzene rings is 2. The summed E-state index contributed by atoms with van der Waals surface area (Å²) in [6.07, 6.45) is 12.9. The Balaban J connectivity index is 2.08. The minimum Gasteiger partial charge on any atom is -0.492 e. The van der Waals surface area contributed by atoms with Crippen LogP contribution in [-0.2, 0) is 47.9 Å². The lowest BCUT2D eigenvalue weighted by molar-refractivity contribution is -0.143. The molecule has 59 heavy (non-hydrogen) atoms. The molecule has 0 unspecified atom stereocenters. The summed E-state index contributed by atoms with van der Waals surface area (Å²) in [5.41, 5.74) is 6.23. The van der Waals surface area contributed by atoms with Crippen molar-refractivity contribution < 1.29 is 33.3 Å². The van der Waals surface area contributed by atoms with Crippen molar-refractivity contribution in [3.63, 3.8) is 0 Å². The van der Waals surface area contributed by atoms with E-state index in [1.165, 1.54) is 69.4 Å². The van der Waals surface area contributed by atoms with Crippen molar-refractivity contribution in [2.45, 2.75) is 137 Å². The lowest BCUT2D eigenvalue weighted by Gasteiger charge is -2.30. The number of nitrogens with zero attached hydrogens (tertiary/aromatic N) is 2. The van der Waals surface area contributed by atoms with E-state index >= 15 is 0 Å². The van der Waals surface area contributed by atoms with Crippen LogP contribution >= 0.6 is 0 Å². The second-order valence-electron chi connectivity index (χ2n) is 16.5. The molecule has 1 aliphatic rings. The van der Waals surface area contributed by atoms with E-state index in [4.69, 9.17) is 18.9 Å². The van der Waals surface area contributed by atoms with Gasteiger partial charge in [-0.25, -0.2) is 14.4 Å². The number of carbonyl (C=O) groups is 3. The van der Waals surface area contributed by atoms with E-state index in [0.717, 1.165) is 34.6 Å². The summed E-state index contributed by atoms with van der Waals surface area (Å²) in [6.45, 7) is 20.3. The first-order chi connectivity index (χ1) is 28.3. The predicted octanol–water partition coefficient (Wildman–Crippen LogP) is 11.2. The third kappa shape index (κ3) is 15.2. The van der Waals surface area contributed by atoms with Gasteiger partial charge in [0.2, 0.25) is 0 Å². The van der Waals surface area contributed by atoms with E-state index in [-0.39, 0.29) is 44.8 Å². The van der Waals surface area contributed by atoms with Gasteiger partial charge in [0.25, 0.3) is 0 Å². The van der Waals surface area contributed by atoms with E-state index in [1.807, 2.05) is 0 Å². The van der Waals surface area contributed by atoms with Crippen molar-refractivity contribution in [2.75, 3.05) is 26.4 Å². The van der Waals surface area contributed by atoms with E-state index < -0.39 is 23.3 Å². The molecule has 0 atom stereocenters. The van der Waals surface area contributed by atoms with Gasteiger partial charge in [0.15, 0.2) is 0 Å². The minimum absolute atomic E-state index is 0.0814. The second-order valence-corrected chi connectivity index (χ2v) is 16.5. The zero-order valence-corrected chi connectivity index (χ0v) is 36.3. The van der Waals surface area contributed by atoms with Gasteiger partial charge in [0.05, 0.1) is 37.4 Å². The Hall–Kier alpha value is -5.15. The molecule has 1 aliphatic carbocycles. The first-order valence-corrected chi connectivity index (χ1v) is 21.4. The molecule has 318 valence electrons. The van der Waals surface area contributed by atoms with E-state index in [0.29, 0.717) is 48.5 Å². The SMILES string of the molecule is C=C(C)C(=O)OCCCc1cc(-c2ccc(C3CCC(CCCCC)CC3)cc2CC)cc(CCCOC(=O)C(=C)C)c1OCC(CC#N)(CC#N)COC(=O)C(=C)C. The highest BCUT2D eigenvalue weighted by molar-refractivity contribution is 5.87. The summed E-state index contributed by atoms with van der Waals surface area (Å²) in [6, 6.07) is 15.5. The highest BCUT2D eigenvalue weighted by atomic mass is 16.5. The smallest absolute Gasteiger partial charge is 0.333 e. The van der Waals surface area contributed by atoms with Crippen LogP contribution < -0.4 is 4.74 Å². The zero-order valence-electron chi connectivity index (χ0n) is 36.3. The summed E-state index contributed by atoms with van der Waals surface area (Å²) in [5.74, 6) is 0.435. The maximum absolute atomic E-state index is 12.4. The van der Waals surface area contributed by atoms with Gasteiger partial charge in [0, 0.05) is 29.6 Å². The number of esters is 3. The average molecular weight is 807 g/mol. The first-order valence-electron chi connectivity index (χ1n) is 21.4. The normalized spacial score (nSPS) is 15.0. The van der Waals surface area contributed by atoms with Crippen molar-refractivity contribution in [2.24, 2.45) is 11.3 Å². The van der Waals surface area contributed by atoms with Crippen molar-refractivity contribution in [1.29, 1.82) is 10.5 Å². The van der Waals surface area contributed by atoms with Gasteiger partial charge < -0.3 is 18.9 Å². The molecule has 0 heterocycles. The average Bonchev–Trinajstić information content (AvgIpc) is 3.22. The first kappa shape index (κ1) is 48.2. The van der Waals surface area contributed by atoms with Crippen LogP contribution in [0.1, 0.15) is 140 Å². The summed E-state index contributed by atoms with van der Waals surface area (Å²) in [5, 5.41) is 19.7. The van der Waals surface area contributed by atoms with Crippen LogP contribution in [0.5, 0.6) is 5.75 Å². The Kier molecular flexibility index (Phi) is 20.2. The molecule has 0 saturated heterocycles. The highest BCUT2D eigenvalue weighted by Gasteiger charge is 2.34. The van der Waals surface area contributed by atoms with Crippen molar-refractivity contribution >= 4 is 17.9 Å². The molecule has 0 amide bonds. The van der Waals surface area contributed by atoms with Gasteiger partial charge in [-0.3, -0.25) is 0 Å². The maximum atomic E-state index is 12.4. The van der Waals surface area contributed by atoms with E-state index in [1.54, 1.807) is 13.8 Å². The Morgan fingerprint density at radius 2 is 1.25 bits per heavy atom. The second kappa shape index (κ2) is 24.7. The molecule has 0 N–H and O–H groups in total. The van der Waals surface area contributed by atoms with E-state index in [9.17, 15) is 24.9 Å². The third-order valence-electron chi connectivity index (χ3n) is 11.2. The third-order valence-corrected chi connectivity index (χ3v) is 11.2. The van der Waals surface area contributed by atoms with Gasteiger partial charge in [0.1, 0.15) is 12.4 Å². The highest BCUT2D eigenvalue weighted by Crippen LogP contribution is 2.41. The maximum Gasteiger partial charge on any atom is 0.333 e. The number of nitriles is 2. The monoisotopic (exact) mass is 806 g/mol. The van der Waals surface area contributed by atoms with E-state index in [2.05, 4.69) is 76.1 Å². The number of aryl methyl sites for hydroxylation is 3. The molecule has 0 radical (unpaired) electrons. The molecule has 0 spiro atoms. The molecule has 0 aliphatic heterocycles. The molecule has 3 rings (SSSR count). The minimum atomic E-state index is -1.12. The summed E-state index contributed by atoms with van der Waals surface area (Å²) in [4.78, 5) is 36.9. The molecule has 0 aromatic heterocycles. The number of rotatable bonds is 25. The Morgan fingerprint density at radius 3 is 1.75 bits per heavy atom. The molecule has 2 aromatic rings. The molecular formula is C50H66N2O7. The molecule has 1 saturated carbocycles. The zero-order chi connectivity index (χ0) is 43.4. The van der Waals surface area contributed by atoms with Gasteiger partial charge in [-0.1, -0.05) is 77.5 Å². The van der Waals surface area contributed by atoms with Gasteiger partial charge in [-0.15, -0.1) is 0 Å². The fourth-order valence-corrected chi connectivity index (χ4v) is 7.69. The number of hydrogen-bond donors (Lipinski definition) is 0. The molecule has 9 nitrogen and oxygen atoms in total. The van der Waals surface area contributed by atoms with Crippen LogP contribution in [0.15, 0.2) is 66.8 Å². The molecule has 9 heteroatoms. The number of unbranched alkanes of at least 4 members (excludes halogenated alkanes) is 2. The van der Waals surface area contributed by atoms with Crippen LogP contribution in [0.4, 0.5) is 0 Å². The van der Waals surface area contributed by atoms with Crippen molar-refractivity contribution in [3.05, 3.63) is 89.0 Å². The van der Waals surface area contributed by atoms with Gasteiger partial charge in [-0.2, -0.15) is 10.5 Å². The quantitative estimate of drug-likeness (QED) is 0.0415. The molecule has 2 aromatic carbocycles. The standard InChI is InChI=1S/C50H66N2O7/c1-9-11-12-15-38-18-20-40(21-19-38)41-22-23-45(39(10-2)30-41)44-31-42(16-13-28-56-47(53)35(3)4)46(43(32-44)17-14-29-57-48(54)36(5)6)58-33-50(24-26-51,25-27-52)34-59-49(55)37(7)8/h22-23,30-32,38,40H,3,5,7,9-21,24-25,28-29,33-34H2,1-2,4,6,8H3. The van der Waals surface area contributed by atoms with Gasteiger partial charge >= 0.3 is 17.9 Å². The van der Waals surface area contributed by atoms with Crippen LogP contribution in [0.2, 0.25) is 0 Å². The topological polar surface area (TPSA) is 136 Å². The number of hydrogen-bond acceptors (Lipinski definition) is 9. The number of carbonyl (C=O) groups excluding carboxylic acids is 3. The fourth-order valence-electron chi connectivity index (χ4n) is 7.69. The Bertz CT molecular complexity index is 1800. The summed E-state index contributed by atoms with van der Waals surface area (Å²) in [7, 11) is 0. The molecule has 1 fully saturated rings. The van der Waals surface area contributed by atoms with Gasteiger partial charge in [-0.05, 0) is 136 Å². The largest absolute Gasteiger partial charge is 0.492 e. The molecular weight excluding hydrogens is 741 g/mol. The Labute approximate surface area is 353 Å². The van der Waals surface area contributed by atoms with Crippen LogP contribution in [0.25, 0.3) is 11.1 Å².